The van der Waals surface area contributed by atoms with Gasteiger partial charge in [-0.3, -0.25) is 0 Å². The summed E-state index contributed by atoms with van der Waals surface area (Å²) < 4.78 is 2.24. The molecular formula is C13H10BrNOS. The van der Waals surface area contributed by atoms with Gasteiger partial charge in [-0.05, 0) is 30.0 Å². The molecule has 3 rings (SSSR count). The van der Waals surface area contributed by atoms with E-state index in [-0.39, 0.29) is 12.5 Å². The van der Waals surface area contributed by atoms with Crippen LogP contribution in [0.25, 0.3) is 10.1 Å². The van der Waals surface area contributed by atoms with Gasteiger partial charge in [0.05, 0.1) is 11.5 Å². The van der Waals surface area contributed by atoms with Crippen molar-refractivity contribution in [1.29, 1.82) is 5.26 Å². The highest BCUT2D eigenvalue weighted by Gasteiger charge is 2.56. The largest absolute Gasteiger partial charge is 0.396 e. The van der Waals surface area contributed by atoms with Gasteiger partial charge in [0, 0.05) is 26.6 Å². The molecule has 1 aromatic heterocycles. The van der Waals surface area contributed by atoms with E-state index >= 15 is 0 Å². The van der Waals surface area contributed by atoms with E-state index < -0.39 is 5.41 Å². The van der Waals surface area contributed by atoms with Crippen LogP contribution in [-0.4, -0.2) is 11.7 Å². The lowest BCUT2D eigenvalue weighted by molar-refractivity contribution is 0.269. The molecule has 0 aliphatic heterocycles. The zero-order valence-electron chi connectivity index (χ0n) is 8.98. The third-order valence-electron chi connectivity index (χ3n) is 3.45. The highest BCUT2D eigenvalue weighted by molar-refractivity contribution is 9.10. The number of hydrogen-bond acceptors (Lipinski definition) is 3. The average molecular weight is 308 g/mol. The summed E-state index contributed by atoms with van der Waals surface area (Å²) in [6.07, 6.45) is 0.786. The highest BCUT2D eigenvalue weighted by Crippen LogP contribution is 2.56. The van der Waals surface area contributed by atoms with Crippen molar-refractivity contribution in [3.8, 4) is 6.07 Å². The second-order valence-corrected chi connectivity index (χ2v) is 6.46. The van der Waals surface area contributed by atoms with E-state index in [0.29, 0.717) is 0 Å². The van der Waals surface area contributed by atoms with Crippen molar-refractivity contribution in [2.75, 3.05) is 6.61 Å². The average Bonchev–Trinajstić information content (AvgIpc) is 2.93. The van der Waals surface area contributed by atoms with Crippen molar-refractivity contribution in [2.24, 2.45) is 5.92 Å². The number of aliphatic hydroxyl groups excluding tert-OH is 1. The molecule has 17 heavy (non-hydrogen) atoms. The maximum atomic E-state index is 9.33. The Bertz CT molecular complexity index is 630. The Morgan fingerprint density at radius 2 is 2.35 bits per heavy atom. The second-order valence-electron chi connectivity index (χ2n) is 4.46. The fourth-order valence-corrected chi connectivity index (χ4v) is 4.11. The zero-order valence-corrected chi connectivity index (χ0v) is 11.4. The molecule has 0 spiro atoms. The predicted molar refractivity (Wildman–Crippen MR) is 72.0 cm³/mol. The quantitative estimate of drug-likeness (QED) is 0.923. The molecule has 2 aromatic rings. The maximum Gasteiger partial charge on any atom is 0.0969 e. The molecule has 0 saturated heterocycles. The molecular weight excluding hydrogens is 298 g/mol. The van der Waals surface area contributed by atoms with Gasteiger partial charge in [0.15, 0.2) is 0 Å². The molecule has 0 amide bonds. The summed E-state index contributed by atoms with van der Waals surface area (Å²) in [5, 5.41) is 19.7. The minimum Gasteiger partial charge on any atom is -0.396 e. The van der Waals surface area contributed by atoms with Gasteiger partial charge >= 0.3 is 0 Å². The summed E-state index contributed by atoms with van der Waals surface area (Å²) >= 11 is 5.11. The fraction of sp³-hybridized carbons (Fsp3) is 0.308. The monoisotopic (exact) mass is 307 g/mol. The lowest BCUT2D eigenvalue weighted by Crippen LogP contribution is -2.06. The molecule has 2 atom stereocenters. The Morgan fingerprint density at radius 1 is 1.53 bits per heavy atom. The molecule has 1 aliphatic carbocycles. The number of rotatable bonds is 2. The first-order valence-corrected chi connectivity index (χ1v) is 7.02. The van der Waals surface area contributed by atoms with Crippen LogP contribution in [0.5, 0.6) is 0 Å². The third-order valence-corrected chi connectivity index (χ3v) is 5.22. The normalized spacial score (nSPS) is 27.0. The van der Waals surface area contributed by atoms with Crippen LogP contribution < -0.4 is 0 Å². The standard InChI is InChI=1S/C13H10BrNOS/c14-10-2-1-8-3-12(17-11(8)4-10)13(7-15)5-9(13)6-16/h1-4,9,16H,5-6H2. The number of benzene rings is 1. The van der Waals surface area contributed by atoms with Crippen molar-refractivity contribution < 1.29 is 5.11 Å². The number of thiophene rings is 1. The van der Waals surface area contributed by atoms with Crippen molar-refractivity contribution >= 4 is 37.4 Å². The van der Waals surface area contributed by atoms with Gasteiger partial charge in [-0.1, -0.05) is 22.0 Å². The van der Waals surface area contributed by atoms with Crippen molar-refractivity contribution in [1.82, 2.24) is 0 Å². The van der Waals surface area contributed by atoms with Crippen LogP contribution in [-0.2, 0) is 5.41 Å². The predicted octanol–water partition coefficient (Wildman–Crippen LogP) is 3.44. The van der Waals surface area contributed by atoms with E-state index in [1.807, 2.05) is 6.07 Å². The Hall–Kier alpha value is -0.890. The Morgan fingerprint density at radius 3 is 3.00 bits per heavy atom. The van der Waals surface area contributed by atoms with Crippen LogP contribution in [0.15, 0.2) is 28.7 Å². The molecule has 0 bridgehead atoms. The molecule has 2 unspecified atom stereocenters. The Balaban J connectivity index is 2.11. The third kappa shape index (κ3) is 1.61. The summed E-state index contributed by atoms with van der Waals surface area (Å²) in [5.41, 5.74) is -0.426. The smallest absolute Gasteiger partial charge is 0.0969 e. The van der Waals surface area contributed by atoms with Crippen molar-refractivity contribution in [3.05, 3.63) is 33.6 Å². The highest BCUT2D eigenvalue weighted by atomic mass is 79.9. The number of nitriles is 1. The summed E-state index contributed by atoms with van der Waals surface area (Å²) in [5.74, 6) is 0.115. The first kappa shape index (κ1) is 11.2. The van der Waals surface area contributed by atoms with Crippen LogP contribution in [0, 0.1) is 17.2 Å². The summed E-state index contributed by atoms with van der Waals surface area (Å²) in [6.45, 7) is 0.103. The van der Waals surface area contributed by atoms with Crippen LogP contribution in [0.1, 0.15) is 11.3 Å². The zero-order chi connectivity index (χ0) is 12.0. The molecule has 1 fully saturated rings. The minimum atomic E-state index is -0.426. The lowest BCUT2D eigenvalue weighted by Gasteiger charge is -2.02. The van der Waals surface area contributed by atoms with E-state index in [0.717, 1.165) is 15.8 Å². The van der Waals surface area contributed by atoms with Gasteiger partial charge in [-0.15, -0.1) is 11.3 Å². The van der Waals surface area contributed by atoms with E-state index in [2.05, 4.69) is 40.2 Å². The number of aliphatic hydroxyl groups is 1. The van der Waals surface area contributed by atoms with Gasteiger partial charge in [0.2, 0.25) is 0 Å². The van der Waals surface area contributed by atoms with Gasteiger partial charge in [-0.25, -0.2) is 0 Å². The van der Waals surface area contributed by atoms with E-state index in [1.165, 1.54) is 10.1 Å². The summed E-state index contributed by atoms with van der Waals surface area (Å²) in [7, 11) is 0. The topological polar surface area (TPSA) is 44.0 Å². The van der Waals surface area contributed by atoms with E-state index in [1.54, 1.807) is 11.3 Å². The number of nitrogens with zero attached hydrogens (tertiary/aromatic N) is 1. The van der Waals surface area contributed by atoms with E-state index in [9.17, 15) is 10.4 Å². The van der Waals surface area contributed by atoms with Gasteiger partial charge in [-0.2, -0.15) is 5.26 Å². The van der Waals surface area contributed by atoms with E-state index in [4.69, 9.17) is 0 Å². The van der Waals surface area contributed by atoms with Crippen LogP contribution >= 0.6 is 27.3 Å². The van der Waals surface area contributed by atoms with Crippen molar-refractivity contribution in [2.45, 2.75) is 11.8 Å². The number of fused-ring (bicyclic) bond motifs is 1. The van der Waals surface area contributed by atoms with Crippen molar-refractivity contribution in [3.63, 3.8) is 0 Å². The molecule has 1 aliphatic rings. The minimum absolute atomic E-state index is 0.103. The SMILES string of the molecule is N#CC1(c2cc3ccc(Br)cc3s2)CC1CO. The molecule has 4 heteroatoms. The molecule has 0 radical (unpaired) electrons. The molecule has 1 saturated carbocycles. The lowest BCUT2D eigenvalue weighted by atomic mass is 10.0. The first-order valence-electron chi connectivity index (χ1n) is 5.41. The van der Waals surface area contributed by atoms with Gasteiger partial charge in [0.1, 0.15) is 0 Å². The fourth-order valence-electron chi connectivity index (χ4n) is 2.27. The van der Waals surface area contributed by atoms with Crippen LogP contribution in [0.3, 0.4) is 0 Å². The number of halogens is 1. The molecule has 86 valence electrons. The molecule has 1 aromatic carbocycles. The Kier molecular flexibility index (Phi) is 2.51. The molecule has 1 N–H and O–H groups in total. The Labute approximate surface area is 112 Å². The molecule has 1 heterocycles. The summed E-state index contributed by atoms with van der Waals surface area (Å²) in [6, 6.07) is 10.6. The molecule has 2 nitrogen and oxygen atoms in total. The van der Waals surface area contributed by atoms with Gasteiger partial charge < -0.3 is 5.11 Å². The van der Waals surface area contributed by atoms with Gasteiger partial charge in [0.25, 0.3) is 0 Å². The number of hydrogen-bond donors (Lipinski definition) is 1. The van der Waals surface area contributed by atoms with Crippen LogP contribution in [0.4, 0.5) is 0 Å². The maximum absolute atomic E-state index is 9.33. The second kappa shape index (κ2) is 3.81. The first-order chi connectivity index (χ1) is 8.19. The summed E-state index contributed by atoms with van der Waals surface area (Å²) in [4.78, 5) is 1.09. The van der Waals surface area contributed by atoms with Crippen LogP contribution in [0.2, 0.25) is 0 Å².